The summed E-state index contributed by atoms with van der Waals surface area (Å²) in [5, 5.41) is 0. The molecule has 0 amide bonds. The van der Waals surface area contributed by atoms with Gasteiger partial charge in [-0.15, -0.1) is 0 Å². The van der Waals surface area contributed by atoms with Gasteiger partial charge in [-0.3, -0.25) is 0 Å². The third-order valence-corrected chi connectivity index (χ3v) is 4.00. The lowest BCUT2D eigenvalue weighted by atomic mass is 10.1. The molecule has 0 fully saturated rings. The van der Waals surface area contributed by atoms with E-state index in [4.69, 9.17) is 14.2 Å². The molecule has 2 aromatic carbocycles. The maximum absolute atomic E-state index is 11.7. The summed E-state index contributed by atoms with van der Waals surface area (Å²) in [6, 6.07) is 15.1. The van der Waals surface area contributed by atoms with E-state index in [9.17, 15) is 4.79 Å². The van der Waals surface area contributed by atoms with Crippen molar-refractivity contribution in [2.24, 2.45) is 0 Å². The fraction of sp³-hybridized carbons (Fsp3) is 0.409. The monoisotopic (exact) mass is 356 g/mol. The summed E-state index contributed by atoms with van der Waals surface area (Å²) >= 11 is 0. The van der Waals surface area contributed by atoms with E-state index in [2.05, 4.69) is 13.8 Å². The number of esters is 1. The summed E-state index contributed by atoms with van der Waals surface area (Å²) in [5.41, 5.74) is 1.73. The fourth-order valence-corrected chi connectivity index (χ4v) is 2.51. The normalized spacial score (nSPS) is 11.7. The molecule has 0 saturated carbocycles. The SMILES string of the molecule is CCCCC(COc1ccc(C(=O)OCC)cc1)Oc1ccc(C)cc1. The minimum absolute atomic E-state index is 0.0117. The van der Waals surface area contributed by atoms with Crippen LogP contribution in [-0.2, 0) is 4.74 Å². The van der Waals surface area contributed by atoms with Crippen molar-refractivity contribution in [1.29, 1.82) is 0 Å². The van der Waals surface area contributed by atoms with Gasteiger partial charge in [0.2, 0.25) is 0 Å². The van der Waals surface area contributed by atoms with Crippen LogP contribution in [0, 0.1) is 6.92 Å². The van der Waals surface area contributed by atoms with E-state index in [-0.39, 0.29) is 12.1 Å². The van der Waals surface area contributed by atoms with Crippen molar-refractivity contribution < 1.29 is 19.0 Å². The van der Waals surface area contributed by atoms with Crippen LogP contribution in [0.4, 0.5) is 0 Å². The third kappa shape index (κ3) is 6.43. The van der Waals surface area contributed by atoms with E-state index in [1.165, 1.54) is 5.56 Å². The molecule has 4 nitrogen and oxygen atoms in total. The van der Waals surface area contributed by atoms with Gasteiger partial charge in [0, 0.05) is 0 Å². The van der Waals surface area contributed by atoms with E-state index < -0.39 is 0 Å². The minimum Gasteiger partial charge on any atom is -0.490 e. The predicted molar refractivity (Wildman–Crippen MR) is 103 cm³/mol. The zero-order chi connectivity index (χ0) is 18.8. The Labute approximate surface area is 156 Å². The standard InChI is InChI=1S/C22H28O4/c1-4-6-7-21(26-20-12-8-17(3)9-13-20)16-25-19-14-10-18(11-15-19)22(23)24-5-2/h8-15,21H,4-7,16H2,1-3H3. The van der Waals surface area contributed by atoms with Gasteiger partial charge in [-0.2, -0.15) is 0 Å². The zero-order valence-electron chi connectivity index (χ0n) is 15.9. The first-order valence-electron chi connectivity index (χ1n) is 9.25. The second-order valence-corrected chi connectivity index (χ2v) is 6.25. The molecular weight excluding hydrogens is 328 g/mol. The zero-order valence-corrected chi connectivity index (χ0v) is 15.9. The van der Waals surface area contributed by atoms with Crippen molar-refractivity contribution >= 4 is 5.97 Å². The van der Waals surface area contributed by atoms with Gasteiger partial charge in [0.1, 0.15) is 24.2 Å². The number of hydrogen-bond donors (Lipinski definition) is 0. The lowest BCUT2D eigenvalue weighted by Gasteiger charge is -2.20. The third-order valence-electron chi connectivity index (χ3n) is 4.00. The highest BCUT2D eigenvalue weighted by Crippen LogP contribution is 2.18. The highest BCUT2D eigenvalue weighted by atomic mass is 16.5. The summed E-state index contributed by atoms with van der Waals surface area (Å²) in [6.45, 7) is 6.85. The van der Waals surface area contributed by atoms with Gasteiger partial charge in [-0.1, -0.05) is 31.0 Å². The molecule has 0 aliphatic carbocycles. The first kappa shape index (κ1) is 19.8. The Morgan fingerprint density at radius 2 is 1.62 bits per heavy atom. The molecule has 2 rings (SSSR count). The Balaban J connectivity index is 1.93. The molecule has 26 heavy (non-hydrogen) atoms. The molecule has 0 saturated heterocycles. The number of hydrogen-bond acceptors (Lipinski definition) is 4. The topological polar surface area (TPSA) is 44.8 Å². The molecule has 0 bridgehead atoms. The van der Waals surface area contributed by atoms with Crippen LogP contribution in [-0.4, -0.2) is 25.3 Å². The predicted octanol–water partition coefficient (Wildman–Crippen LogP) is 5.19. The highest BCUT2D eigenvalue weighted by molar-refractivity contribution is 5.89. The van der Waals surface area contributed by atoms with Gasteiger partial charge in [0.05, 0.1) is 12.2 Å². The van der Waals surface area contributed by atoms with Gasteiger partial charge in [-0.25, -0.2) is 4.79 Å². The molecule has 0 N–H and O–H groups in total. The Kier molecular flexibility index (Phi) is 8.00. The summed E-state index contributed by atoms with van der Waals surface area (Å²) in [4.78, 5) is 11.7. The maximum atomic E-state index is 11.7. The second-order valence-electron chi connectivity index (χ2n) is 6.25. The molecule has 4 heteroatoms. The molecule has 0 radical (unpaired) electrons. The Morgan fingerprint density at radius 1 is 0.962 bits per heavy atom. The average Bonchev–Trinajstić information content (AvgIpc) is 2.66. The lowest BCUT2D eigenvalue weighted by Crippen LogP contribution is -2.25. The van der Waals surface area contributed by atoms with Crippen LogP contribution in [0.25, 0.3) is 0 Å². The summed E-state index contributed by atoms with van der Waals surface area (Å²) in [5.74, 6) is 1.26. The van der Waals surface area contributed by atoms with Crippen LogP contribution in [0.5, 0.6) is 11.5 Å². The maximum Gasteiger partial charge on any atom is 0.338 e. The van der Waals surface area contributed by atoms with Crippen LogP contribution in [0.15, 0.2) is 48.5 Å². The highest BCUT2D eigenvalue weighted by Gasteiger charge is 2.12. The van der Waals surface area contributed by atoms with Crippen molar-refractivity contribution in [1.82, 2.24) is 0 Å². The van der Waals surface area contributed by atoms with Crippen LogP contribution in [0.2, 0.25) is 0 Å². The molecule has 0 spiro atoms. The van der Waals surface area contributed by atoms with Gasteiger partial charge >= 0.3 is 5.97 Å². The molecule has 0 aromatic heterocycles. The number of aryl methyl sites for hydroxylation is 1. The van der Waals surface area contributed by atoms with Crippen LogP contribution in [0.3, 0.4) is 0 Å². The van der Waals surface area contributed by atoms with Crippen LogP contribution >= 0.6 is 0 Å². The van der Waals surface area contributed by atoms with Gasteiger partial charge in [-0.05, 0) is 63.1 Å². The average molecular weight is 356 g/mol. The Morgan fingerprint density at radius 3 is 2.23 bits per heavy atom. The number of rotatable bonds is 10. The lowest BCUT2D eigenvalue weighted by molar-refractivity contribution is 0.0526. The van der Waals surface area contributed by atoms with Crippen molar-refractivity contribution in [2.75, 3.05) is 13.2 Å². The molecule has 1 unspecified atom stereocenters. The number of ether oxygens (including phenoxy) is 3. The van der Waals surface area contributed by atoms with Crippen LogP contribution < -0.4 is 9.47 Å². The van der Waals surface area contributed by atoms with E-state index in [1.807, 2.05) is 24.3 Å². The summed E-state index contributed by atoms with van der Waals surface area (Å²) in [7, 11) is 0. The van der Waals surface area contributed by atoms with Crippen molar-refractivity contribution in [3.05, 3.63) is 59.7 Å². The largest absolute Gasteiger partial charge is 0.490 e. The minimum atomic E-state index is -0.317. The smallest absolute Gasteiger partial charge is 0.338 e. The second kappa shape index (κ2) is 10.5. The van der Waals surface area contributed by atoms with E-state index in [0.29, 0.717) is 24.5 Å². The molecule has 1 atom stereocenters. The quantitative estimate of drug-likeness (QED) is 0.550. The molecule has 140 valence electrons. The van der Waals surface area contributed by atoms with E-state index in [1.54, 1.807) is 31.2 Å². The van der Waals surface area contributed by atoms with E-state index in [0.717, 1.165) is 25.0 Å². The van der Waals surface area contributed by atoms with Gasteiger partial charge in [0.25, 0.3) is 0 Å². The van der Waals surface area contributed by atoms with Gasteiger partial charge < -0.3 is 14.2 Å². The fourth-order valence-electron chi connectivity index (χ4n) is 2.51. The first-order chi connectivity index (χ1) is 12.6. The molecule has 0 aliphatic rings. The van der Waals surface area contributed by atoms with Crippen molar-refractivity contribution in [3.63, 3.8) is 0 Å². The van der Waals surface area contributed by atoms with Crippen molar-refractivity contribution in [3.8, 4) is 11.5 Å². The number of unbranched alkanes of at least 4 members (excludes halogenated alkanes) is 1. The van der Waals surface area contributed by atoms with Gasteiger partial charge in [0.15, 0.2) is 0 Å². The summed E-state index contributed by atoms with van der Waals surface area (Å²) < 4.78 is 17.0. The molecule has 0 heterocycles. The van der Waals surface area contributed by atoms with Crippen LogP contribution in [0.1, 0.15) is 49.0 Å². The molecule has 0 aliphatic heterocycles. The number of carbonyl (C=O) groups excluding carboxylic acids is 1. The molecular formula is C22H28O4. The molecule has 2 aromatic rings. The van der Waals surface area contributed by atoms with E-state index >= 15 is 0 Å². The Hall–Kier alpha value is -2.49. The number of carbonyl (C=O) groups is 1. The Bertz CT molecular complexity index is 662. The first-order valence-corrected chi connectivity index (χ1v) is 9.25. The number of benzene rings is 2. The summed E-state index contributed by atoms with van der Waals surface area (Å²) in [6.07, 6.45) is 3.12. The van der Waals surface area contributed by atoms with Crippen molar-refractivity contribution in [2.45, 2.75) is 46.1 Å².